The number of nitrogens with zero attached hydrogens (tertiary/aromatic N) is 1. The van der Waals surface area contributed by atoms with Crippen molar-refractivity contribution in [2.45, 2.75) is 0 Å². The lowest BCUT2D eigenvalue weighted by atomic mass is 10.3. The van der Waals surface area contributed by atoms with Gasteiger partial charge in [0.05, 0.1) is 12.3 Å². The Morgan fingerprint density at radius 3 is 2.73 bits per heavy atom. The van der Waals surface area contributed by atoms with Crippen molar-refractivity contribution >= 4 is 14.4 Å². The van der Waals surface area contributed by atoms with Crippen molar-refractivity contribution in [1.29, 1.82) is 0 Å². The zero-order valence-electron chi connectivity index (χ0n) is 6.16. The molecule has 1 heterocycles. The summed E-state index contributed by atoms with van der Waals surface area (Å²) in [5.41, 5.74) is 1.17. The van der Waals surface area contributed by atoms with Gasteiger partial charge < -0.3 is 0 Å². The molecule has 0 N–H and O–H groups in total. The Morgan fingerprint density at radius 1 is 1.27 bits per heavy atom. The zero-order valence-corrected chi connectivity index (χ0v) is 7.16. The van der Waals surface area contributed by atoms with E-state index in [-0.39, 0.29) is 0 Å². The second kappa shape index (κ2) is 3.21. The van der Waals surface area contributed by atoms with Crippen LogP contribution in [0, 0.1) is 0 Å². The second-order valence-corrected chi connectivity index (χ2v) is 3.59. The monoisotopic (exact) mass is 167 g/mol. The van der Waals surface area contributed by atoms with E-state index in [1.54, 1.807) is 0 Å². The molecule has 2 nitrogen and oxygen atoms in total. The Bertz CT molecular complexity index is 221. The van der Waals surface area contributed by atoms with Crippen molar-refractivity contribution in [1.82, 2.24) is 0 Å². The van der Waals surface area contributed by atoms with Gasteiger partial charge in [0.1, 0.15) is 0 Å². The first-order valence-electron chi connectivity index (χ1n) is 3.68. The van der Waals surface area contributed by atoms with Crippen molar-refractivity contribution < 1.29 is 4.84 Å². The highest BCUT2D eigenvalue weighted by atomic mass is 31.1. The molecule has 1 aromatic carbocycles. The fourth-order valence-corrected chi connectivity index (χ4v) is 1.96. The topological polar surface area (TPSA) is 12.5 Å². The third-order valence-corrected chi connectivity index (χ3v) is 2.67. The van der Waals surface area contributed by atoms with Crippen LogP contribution in [-0.2, 0) is 4.84 Å². The highest BCUT2D eigenvalue weighted by Crippen LogP contribution is 2.31. The van der Waals surface area contributed by atoms with Crippen molar-refractivity contribution in [3.05, 3.63) is 30.3 Å². The van der Waals surface area contributed by atoms with E-state index in [0.29, 0.717) is 0 Å². The minimum absolute atomic E-state index is 0.788. The quantitative estimate of drug-likeness (QED) is 0.593. The number of hydrogen-bond donors (Lipinski definition) is 0. The third-order valence-electron chi connectivity index (χ3n) is 1.57. The van der Waals surface area contributed by atoms with Crippen LogP contribution in [0.2, 0.25) is 0 Å². The lowest BCUT2D eigenvalue weighted by Crippen LogP contribution is -2.05. The van der Waals surface area contributed by atoms with Crippen LogP contribution in [0.1, 0.15) is 0 Å². The van der Waals surface area contributed by atoms with Crippen LogP contribution in [0.15, 0.2) is 30.3 Å². The van der Waals surface area contributed by atoms with Crippen LogP contribution in [0.3, 0.4) is 0 Å². The highest BCUT2D eigenvalue weighted by Gasteiger charge is 2.11. The van der Waals surface area contributed by atoms with Crippen molar-refractivity contribution in [2.24, 2.45) is 0 Å². The molecule has 3 heteroatoms. The molecule has 1 atom stereocenters. The highest BCUT2D eigenvalue weighted by molar-refractivity contribution is 7.40. The summed E-state index contributed by atoms with van der Waals surface area (Å²) >= 11 is 0. The van der Waals surface area contributed by atoms with Gasteiger partial charge >= 0.3 is 0 Å². The van der Waals surface area contributed by atoms with Gasteiger partial charge in [-0.2, -0.15) is 0 Å². The molecule has 58 valence electrons. The van der Waals surface area contributed by atoms with Crippen LogP contribution in [-0.4, -0.2) is 12.8 Å². The average molecular weight is 167 g/mol. The molecular weight excluding hydrogens is 157 g/mol. The van der Waals surface area contributed by atoms with Gasteiger partial charge in [-0.05, 0) is 12.1 Å². The molecule has 1 fully saturated rings. The molecule has 1 saturated heterocycles. The van der Waals surface area contributed by atoms with Gasteiger partial charge in [0.15, 0.2) is 0 Å². The fraction of sp³-hybridized carbons (Fsp3) is 0.250. The summed E-state index contributed by atoms with van der Waals surface area (Å²) in [6.07, 6.45) is 1.16. The van der Waals surface area contributed by atoms with Gasteiger partial charge in [0, 0.05) is 14.9 Å². The largest absolute Gasteiger partial charge is 0.270 e. The minimum atomic E-state index is 0.788. The second-order valence-electron chi connectivity index (χ2n) is 2.37. The summed E-state index contributed by atoms with van der Waals surface area (Å²) in [4.78, 5) is 7.36. The maximum Gasteiger partial charge on any atom is 0.0806 e. The predicted octanol–water partition coefficient (Wildman–Crippen LogP) is 2.03. The molecule has 1 aliphatic rings. The minimum Gasteiger partial charge on any atom is -0.270 e. The third kappa shape index (κ3) is 1.52. The summed E-state index contributed by atoms with van der Waals surface area (Å²) in [6.45, 7) is 0.868. The predicted molar refractivity (Wildman–Crippen MR) is 48.1 cm³/mol. The zero-order chi connectivity index (χ0) is 7.52. The first-order valence-corrected chi connectivity index (χ1v) is 4.84. The van der Waals surface area contributed by atoms with Gasteiger partial charge in [-0.15, -0.1) is 0 Å². The fourth-order valence-electron chi connectivity index (χ4n) is 1.06. The van der Waals surface area contributed by atoms with Crippen LogP contribution < -0.4 is 4.83 Å². The van der Waals surface area contributed by atoms with E-state index in [4.69, 9.17) is 4.84 Å². The average Bonchev–Trinajstić information content (AvgIpc) is 2.58. The van der Waals surface area contributed by atoms with Crippen LogP contribution in [0.4, 0.5) is 5.69 Å². The first kappa shape index (κ1) is 7.08. The van der Waals surface area contributed by atoms with E-state index in [1.807, 2.05) is 23.0 Å². The van der Waals surface area contributed by atoms with E-state index in [1.165, 1.54) is 5.69 Å². The number of rotatable bonds is 1. The smallest absolute Gasteiger partial charge is 0.0806 e. The molecule has 11 heavy (non-hydrogen) atoms. The summed E-state index contributed by atoms with van der Waals surface area (Å²) in [6, 6.07) is 10.2. The number of para-hydroxylation sites is 1. The summed E-state index contributed by atoms with van der Waals surface area (Å²) in [5.74, 6) is 0. The van der Waals surface area contributed by atoms with Crippen LogP contribution >= 0.6 is 8.73 Å². The molecule has 1 aromatic rings. The van der Waals surface area contributed by atoms with Gasteiger partial charge in [-0.1, -0.05) is 18.2 Å². The first-order chi connectivity index (χ1) is 5.47. The van der Waals surface area contributed by atoms with E-state index < -0.39 is 0 Å². The summed E-state index contributed by atoms with van der Waals surface area (Å²) in [5, 5.41) is 0. The Morgan fingerprint density at radius 2 is 2.09 bits per heavy atom. The Hall–Kier alpha value is -0.590. The summed E-state index contributed by atoms with van der Waals surface area (Å²) < 4.78 is 0. The summed E-state index contributed by atoms with van der Waals surface area (Å²) in [7, 11) is 0.788. The molecule has 0 radical (unpaired) electrons. The van der Waals surface area contributed by atoms with E-state index in [0.717, 1.165) is 21.5 Å². The Labute approximate surface area is 68.0 Å². The van der Waals surface area contributed by atoms with E-state index in [9.17, 15) is 0 Å². The molecule has 2 rings (SSSR count). The van der Waals surface area contributed by atoms with Crippen LogP contribution in [0.25, 0.3) is 0 Å². The number of benzene rings is 1. The maximum atomic E-state index is 5.38. The van der Waals surface area contributed by atoms with Crippen molar-refractivity contribution in [3.63, 3.8) is 0 Å². The molecule has 1 unspecified atom stereocenters. The molecule has 0 aliphatic carbocycles. The Kier molecular flexibility index (Phi) is 2.06. The SMILES string of the molecule is c1ccc(N2OCCP2)cc1. The molecule has 0 aromatic heterocycles. The number of hydrogen-bond acceptors (Lipinski definition) is 2. The van der Waals surface area contributed by atoms with E-state index in [2.05, 4.69) is 12.1 Å². The van der Waals surface area contributed by atoms with Crippen LogP contribution in [0.5, 0.6) is 0 Å². The number of anilines is 1. The molecule has 0 saturated carbocycles. The Balaban J connectivity index is 2.16. The van der Waals surface area contributed by atoms with Gasteiger partial charge in [0.2, 0.25) is 0 Å². The van der Waals surface area contributed by atoms with E-state index >= 15 is 0 Å². The van der Waals surface area contributed by atoms with Crippen molar-refractivity contribution in [2.75, 3.05) is 17.6 Å². The molecule has 0 bridgehead atoms. The molecular formula is C8H10NOP. The molecule has 0 spiro atoms. The maximum absolute atomic E-state index is 5.38. The van der Waals surface area contributed by atoms with Gasteiger partial charge in [-0.25, -0.2) is 4.83 Å². The van der Waals surface area contributed by atoms with Crippen molar-refractivity contribution in [3.8, 4) is 0 Å². The normalized spacial score (nSPS) is 19.5. The van der Waals surface area contributed by atoms with Gasteiger partial charge in [-0.3, -0.25) is 4.84 Å². The lowest BCUT2D eigenvalue weighted by Gasteiger charge is -2.14. The molecule has 1 aliphatic heterocycles. The molecule has 0 amide bonds. The van der Waals surface area contributed by atoms with Gasteiger partial charge in [0.25, 0.3) is 0 Å². The standard InChI is InChI=1S/C8H10NOP/c1-2-4-8(5-3-1)9-10-6-7-11-9/h1-5,11H,6-7H2. The lowest BCUT2D eigenvalue weighted by molar-refractivity contribution is 0.188.